The zero-order valence-corrected chi connectivity index (χ0v) is 25.7. The highest BCUT2D eigenvalue weighted by Crippen LogP contribution is 2.43. The lowest BCUT2D eigenvalue weighted by atomic mass is 10.1. The Kier molecular flexibility index (Phi) is 9.78. The van der Waals surface area contributed by atoms with Gasteiger partial charge in [-0.2, -0.15) is 0 Å². The first kappa shape index (κ1) is 31.4. The number of fused-ring (bicyclic) bond motifs is 1. The topological polar surface area (TPSA) is 160 Å². The molecule has 0 aromatic carbocycles. The predicted molar refractivity (Wildman–Crippen MR) is 156 cm³/mol. The number of carbonyl (C=O) groups excluding carboxylic acids is 2. The number of pyridine rings is 1. The van der Waals surface area contributed by atoms with Crippen LogP contribution in [0.5, 0.6) is 0 Å². The molecule has 2 aliphatic carbocycles. The van der Waals surface area contributed by atoms with Gasteiger partial charge in [-0.3, -0.25) is 14.2 Å². The van der Waals surface area contributed by atoms with E-state index in [0.717, 1.165) is 51.4 Å². The second-order valence-corrected chi connectivity index (χ2v) is 14.6. The van der Waals surface area contributed by atoms with Crippen LogP contribution in [0.15, 0.2) is 18.6 Å². The van der Waals surface area contributed by atoms with Gasteiger partial charge in [0, 0.05) is 6.20 Å². The van der Waals surface area contributed by atoms with Gasteiger partial charge < -0.3 is 24.5 Å². The Balaban J connectivity index is 1.48. The van der Waals surface area contributed by atoms with Gasteiger partial charge in [-0.1, -0.05) is 0 Å². The predicted octanol–water partition coefficient (Wildman–Crippen LogP) is 4.28. The molecule has 4 rings (SSSR count). The Labute approximate surface area is 241 Å². The molecule has 41 heavy (non-hydrogen) atoms. The number of hydrogen-bond donors (Lipinski definition) is 3. The van der Waals surface area contributed by atoms with E-state index in [1.54, 1.807) is 46.3 Å². The van der Waals surface area contributed by atoms with Gasteiger partial charge >= 0.3 is 11.9 Å². The number of imidazole rings is 1. The zero-order chi connectivity index (χ0) is 29.8. The SMILES string of the molecule is C[C@H](Cn1cnc2c(N)ccnc21)OCP(=O)(NC(C)(C)C(=O)OC1CCCC1)NC(C)(C)C(=O)OC1CCCC1. The van der Waals surface area contributed by atoms with Crippen LogP contribution in [0.2, 0.25) is 0 Å². The lowest BCUT2D eigenvalue weighted by Gasteiger charge is -2.36. The van der Waals surface area contributed by atoms with Crippen molar-refractivity contribution in [2.45, 2.75) is 122 Å². The van der Waals surface area contributed by atoms with E-state index in [0.29, 0.717) is 23.4 Å². The average molecular weight is 593 g/mol. The minimum absolute atomic E-state index is 0.141. The molecule has 1 atom stereocenters. The summed E-state index contributed by atoms with van der Waals surface area (Å²) in [7, 11) is -3.74. The quantitative estimate of drug-likeness (QED) is 0.225. The lowest BCUT2D eigenvalue weighted by molar-refractivity contribution is -0.155. The Morgan fingerprint density at radius 2 is 1.51 bits per heavy atom. The monoisotopic (exact) mass is 592 g/mol. The first-order chi connectivity index (χ1) is 19.3. The molecule has 4 N–H and O–H groups in total. The molecule has 12 nitrogen and oxygen atoms in total. The zero-order valence-electron chi connectivity index (χ0n) is 24.9. The van der Waals surface area contributed by atoms with Crippen LogP contribution in [0.1, 0.15) is 86.0 Å². The summed E-state index contributed by atoms with van der Waals surface area (Å²) in [6, 6.07) is 1.69. The second-order valence-electron chi connectivity index (χ2n) is 12.4. The van der Waals surface area contributed by atoms with Gasteiger partial charge in [-0.25, -0.2) is 20.1 Å². The van der Waals surface area contributed by atoms with Crippen molar-refractivity contribution in [3.63, 3.8) is 0 Å². The third-order valence-corrected chi connectivity index (χ3v) is 9.97. The fraction of sp³-hybridized carbons (Fsp3) is 0.714. The van der Waals surface area contributed by atoms with Crippen molar-refractivity contribution in [1.82, 2.24) is 24.7 Å². The molecular weight excluding hydrogens is 547 g/mol. The maximum absolute atomic E-state index is 14.5. The summed E-state index contributed by atoms with van der Waals surface area (Å²) in [4.78, 5) is 35.0. The van der Waals surface area contributed by atoms with Gasteiger partial charge in [-0.05, 0) is 92.1 Å². The first-order valence-corrected chi connectivity index (χ1v) is 16.4. The summed E-state index contributed by atoms with van der Waals surface area (Å²) < 4.78 is 33.8. The van der Waals surface area contributed by atoms with Gasteiger partial charge in [-0.15, -0.1) is 0 Å². The molecule has 13 heteroatoms. The standard InChI is InChI=1S/C28H45N6O6P/c1-19(16-34-17-31-23-22(29)14-15-30-24(23)34)38-18-41(37,32-27(2,3)25(35)39-20-10-6-7-11-20)33-28(4,5)26(36)40-21-12-8-9-13-21/h14-15,17,19-21H,6-13,16,18H2,1-5H3,(H2,29,30)(H2,32,33,37)/t19-/m1/s1. The van der Waals surface area contributed by atoms with Gasteiger partial charge in [0.25, 0.3) is 0 Å². The van der Waals surface area contributed by atoms with E-state index in [9.17, 15) is 14.2 Å². The van der Waals surface area contributed by atoms with Crippen molar-refractivity contribution in [2.75, 3.05) is 12.1 Å². The van der Waals surface area contributed by atoms with Gasteiger partial charge in [0.15, 0.2) is 5.65 Å². The summed E-state index contributed by atoms with van der Waals surface area (Å²) in [6.45, 7) is 8.70. The van der Waals surface area contributed by atoms with Gasteiger partial charge in [0.05, 0.1) is 24.7 Å². The smallest absolute Gasteiger partial charge is 0.326 e. The molecule has 2 aliphatic rings. The summed E-state index contributed by atoms with van der Waals surface area (Å²) in [5.74, 6) is -1.00. The Morgan fingerprint density at radius 1 is 1.00 bits per heavy atom. The van der Waals surface area contributed by atoms with Crippen LogP contribution in [0.3, 0.4) is 0 Å². The van der Waals surface area contributed by atoms with E-state index in [2.05, 4.69) is 20.1 Å². The Bertz CT molecular complexity index is 1220. The van der Waals surface area contributed by atoms with Crippen LogP contribution in [0.4, 0.5) is 5.69 Å². The minimum atomic E-state index is -3.74. The number of nitrogens with zero attached hydrogens (tertiary/aromatic N) is 3. The molecule has 2 aromatic heterocycles. The molecule has 0 spiro atoms. The van der Waals surface area contributed by atoms with Crippen molar-refractivity contribution >= 4 is 36.2 Å². The molecule has 0 unspecified atom stereocenters. The fourth-order valence-corrected chi connectivity index (χ4v) is 8.01. The molecule has 0 aliphatic heterocycles. The number of ether oxygens (including phenoxy) is 3. The van der Waals surface area contributed by atoms with Gasteiger partial charge in [0.2, 0.25) is 7.44 Å². The second kappa shape index (κ2) is 12.8. The molecule has 0 saturated heterocycles. The van der Waals surface area contributed by atoms with Crippen LogP contribution in [-0.2, 0) is 34.9 Å². The molecule has 2 aromatic rings. The Hall–Kier alpha value is -2.53. The summed E-state index contributed by atoms with van der Waals surface area (Å²) in [6.07, 6.45) is 9.60. The normalized spacial score (nSPS) is 18.2. The first-order valence-electron chi connectivity index (χ1n) is 14.5. The third-order valence-electron chi connectivity index (χ3n) is 7.62. The number of nitrogens with one attached hydrogen (secondary N) is 2. The van der Waals surface area contributed by atoms with E-state index in [1.807, 2.05) is 11.5 Å². The number of nitrogens with two attached hydrogens (primary N) is 1. The number of anilines is 1. The molecule has 2 saturated carbocycles. The number of aromatic nitrogens is 3. The maximum Gasteiger partial charge on any atom is 0.326 e. The number of hydrogen-bond acceptors (Lipinski definition) is 9. The van der Waals surface area contributed by atoms with E-state index < -0.39 is 36.6 Å². The highest BCUT2D eigenvalue weighted by atomic mass is 31.2. The van der Waals surface area contributed by atoms with Crippen molar-refractivity contribution in [3.05, 3.63) is 18.6 Å². The highest BCUT2D eigenvalue weighted by Gasteiger charge is 2.44. The molecular formula is C28H45N6O6P. The van der Waals surface area contributed by atoms with Crippen LogP contribution < -0.4 is 15.9 Å². The van der Waals surface area contributed by atoms with Crippen molar-refractivity contribution in [1.29, 1.82) is 0 Å². The fourth-order valence-electron chi connectivity index (χ4n) is 5.37. The average Bonchev–Trinajstić information content (AvgIpc) is 3.66. The van der Waals surface area contributed by atoms with Crippen LogP contribution in [0, 0.1) is 0 Å². The number of rotatable bonds is 13. The van der Waals surface area contributed by atoms with E-state index in [1.165, 1.54) is 0 Å². The van der Waals surface area contributed by atoms with Crippen molar-refractivity contribution < 1.29 is 28.4 Å². The molecule has 2 heterocycles. The highest BCUT2D eigenvalue weighted by molar-refractivity contribution is 7.59. The largest absolute Gasteiger partial charge is 0.461 e. The number of esters is 2. The van der Waals surface area contributed by atoms with Crippen LogP contribution in [-0.4, -0.2) is 62.2 Å². The van der Waals surface area contributed by atoms with E-state index in [-0.39, 0.29) is 18.6 Å². The van der Waals surface area contributed by atoms with Crippen molar-refractivity contribution in [2.24, 2.45) is 0 Å². The van der Waals surface area contributed by atoms with E-state index in [4.69, 9.17) is 19.9 Å². The minimum Gasteiger partial charge on any atom is -0.461 e. The molecule has 0 radical (unpaired) electrons. The molecule has 2 fully saturated rings. The third kappa shape index (κ3) is 8.06. The summed E-state index contributed by atoms with van der Waals surface area (Å²) in [5.41, 5.74) is 5.12. The lowest BCUT2D eigenvalue weighted by Crippen LogP contribution is -2.54. The van der Waals surface area contributed by atoms with Crippen LogP contribution in [0.25, 0.3) is 11.2 Å². The Morgan fingerprint density at radius 3 is 2.02 bits per heavy atom. The number of nitrogen functional groups attached to an aromatic ring is 1. The van der Waals surface area contributed by atoms with E-state index >= 15 is 0 Å². The summed E-state index contributed by atoms with van der Waals surface area (Å²) >= 11 is 0. The van der Waals surface area contributed by atoms with Crippen LogP contribution >= 0.6 is 7.44 Å². The maximum atomic E-state index is 14.5. The number of carbonyl (C=O) groups is 2. The molecule has 228 valence electrons. The van der Waals surface area contributed by atoms with Gasteiger partial charge in [0.1, 0.15) is 35.2 Å². The van der Waals surface area contributed by atoms with Crippen molar-refractivity contribution in [3.8, 4) is 0 Å². The molecule has 0 bridgehead atoms. The summed E-state index contributed by atoms with van der Waals surface area (Å²) in [5, 5.41) is 5.98. The molecule has 0 amide bonds.